The fourth-order valence-electron chi connectivity index (χ4n) is 3.46. The normalized spacial score (nSPS) is 21.8. The first-order chi connectivity index (χ1) is 12.0. The number of nitrogens with zero attached hydrogens (tertiary/aromatic N) is 6. The number of carbonyl (C=O) groups is 1. The zero-order chi connectivity index (χ0) is 17.7. The van der Waals surface area contributed by atoms with Gasteiger partial charge < -0.3 is 9.42 Å². The average Bonchev–Trinajstić information content (AvgIpc) is 3.26. The van der Waals surface area contributed by atoms with Gasteiger partial charge in [0.2, 0.25) is 5.89 Å². The third kappa shape index (κ3) is 2.84. The smallest absolute Gasteiger partial charge is 0.257 e. The van der Waals surface area contributed by atoms with Crippen LogP contribution in [0.15, 0.2) is 4.52 Å². The predicted octanol–water partition coefficient (Wildman–Crippen LogP) is 1.43. The van der Waals surface area contributed by atoms with Crippen LogP contribution in [0.1, 0.15) is 58.3 Å². The minimum atomic E-state index is -0.0602. The van der Waals surface area contributed by atoms with Crippen LogP contribution in [0.2, 0.25) is 0 Å². The number of amides is 1. The molecule has 134 valence electrons. The van der Waals surface area contributed by atoms with E-state index in [1.165, 1.54) is 0 Å². The number of likely N-dealkylation sites (N-methyl/N-ethyl adjacent to an activating group) is 1. The van der Waals surface area contributed by atoms with Gasteiger partial charge in [-0.05, 0) is 33.7 Å². The molecule has 1 amide bonds. The Kier molecular flexibility index (Phi) is 3.87. The molecule has 1 saturated carbocycles. The Balaban J connectivity index is 1.56. The lowest BCUT2D eigenvalue weighted by atomic mass is 10.1. The molecular formula is C17H24N6O2. The molecule has 25 heavy (non-hydrogen) atoms. The minimum Gasteiger partial charge on any atom is -0.338 e. The van der Waals surface area contributed by atoms with Gasteiger partial charge in [0.25, 0.3) is 5.91 Å². The molecule has 1 aliphatic carbocycles. The van der Waals surface area contributed by atoms with Gasteiger partial charge in [-0.15, -0.1) is 0 Å². The maximum Gasteiger partial charge on any atom is 0.257 e. The fraction of sp³-hybridized carbons (Fsp3) is 0.647. The molecule has 0 aromatic carbocycles. The molecular weight excluding hydrogens is 320 g/mol. The van der Waals surface area contributed by atoms with Crippen molar-refractivity contribution < 1.29 is 9.32 Å². The largest absolute Gasteiger partial charge is 0.338 e. The lowest BCUT2D eigenvalue weighted by Gasteiger charge is -2.37. The summed E-state index contributed by atoms with van der Waals surface area (Å²) >= 11 is 0. The highest BCUT2D eigenvalue weighted by Crippen LogP contribution is 2.39. The van der Waals surface area contributed by atoms with Gasteiger partial charge in [-0.2, -0.15) is 10.1 Å². The van der Waals surface area contributed by atoms with E-state index in [1.807, 2.05) is 32.8 Å². The number of carbonyl (C=O) groups excluding carboxylic acids is 1. The van der Waals surface area contributed by atoms with Crippen LogP contribution in [0.5, 0.6) is 0 Å². The Morgan fingerprint density at radius 2 is 1.96 bits per heavy atom. The molecule has 1 saturated heterocycles. The van der Waals surface area contributed by atoms with Crippen molar-refractivity contribution in [1.82, 2.24) is 29.7 Å². The standard InChI is InChI=1S/C17H24N6O2/c1-10-14(11(2)22(4)19-10)17(24)23-8-7-21(3)13(9-23)16-18-15(20-25-16)12-5-6-12/h12-13H,5-9H2,1-4H3. The van der Waals surface area contributed by atoms with Crippen molar-refractivity contribution in [3.8, 4) is 0 Å². The van der Waals surface area contributed by atoms with Crippen molar-refractivity contribution in [3.05, 3.63) is 28.7 Å². The van der Waals surface area contributed by atoms with E-state index in [0.717, 1.165) is 36.6 Å². The van der Waals surface area contributed by atoms with Crippen molar-refractivity contribution in [3.63, 3.8) is 0 Å². The van der Waals surface area contributed by atoms with Crippen LogP contribution in [0.3, 0.4) is 0 Å². The van der Waals surface area contributed by atoms with Gasteiger partial charge >= 0.3 is 0 Å². The van der Waals surface area contributed by atoms with Crippen LogP contribution in [-0.2, 0) is 7.05 Å². The highest BCUT2D eigenvalue weighted by molar-refractivity contribution is 5.96. The monoisotopic (exact) mass is 344 g/mol. The maximum absolute atomic E-state index is 13.0. The van der Waals surface area contributed by atoms with Crippen LogP contribution in [0.25, 0.3) is 0 Å². The number of hydrogen-bond donors (Lipinski definition) is 0. The summed E-state index contributed by atoms with van der Waals surface area (Å²) in [4.78, 5) is 21.7. The summed E-state index contributed by atoms with van der Waals surface area (Å²) in [5, 5.41) is 8.48. The van der Waals surface area contributed by atoms with Crippen molar-refractivity contribution in [2.75, 3.05) is 26.7 Å². The minimum absolute atomic E-state index is 0.0307. The van der Waals surface area contributed by atoms with E-state index in [4.69, 9.17) is 4.52 Å². The molecule has 1 aliphatic heterocycles. The Labute approximate surface area is 146 Å². The average molecular weight is 344 g/mol. The molecule has 2 aromatic heterocycles. The Morgan fingerprint density at radius 1 is 1.20 bits per heavy atom. The number of rotatable bonds is 3. The van der Waals surface area contributed by atoms with E-state index in [9.17, 15) is 4.79 Å². The second kappa shape index (κ2) is 5.94. The number of hydrogen-bond acceptors (Lipinski definition) is 6. The van der Waals surface area contributed by atoms with Crippen LogP contribution >= 0.6 is 0 Å². The van der Waals surface area contributed by atoms with Gasteiger partial charge in [-0.25, -0.2) is 0 Å². The van der Waals surface area contributed by atoms with E-state index < -0.39 is 0 Å². The molecule has 0 spiro atoms. The van der Waals surface area contributed by atoms with E-state index in [-0.39, 0.29) is 11.9 Å². The Hall–Kier alpha value is -2.22. The molecule has 0 radical (unpaired) electrons. The summed E-state index contributed by atoms with van der Waals surface area (Å²) in [6.07, 6.45) is 2.29. The fourth-order valence-corrected chi connectivity index (χ4v) is 3.46. The first kappa shape index (κ1) is 16.3. The third-order valence-corrected chi connectivity index (χ3v) is 5.34. The molecule has 8 nitrogen and oxygen atoms in total. The summed E-state index contributed by atoms with van der Waals surface area (Å²) in [6.45, 7) is 5.82. The molecule has 0 N–H and O–H groups in total. The molecule has 4 rings (SSSR count). The van der Waals surface area contributed by atoms with E-state index in [1.54, 1.807) is 4.68 Å². The van der Waals surface area contributed by atoms with Crippen molar-refractivity contribution in [2.45, 2.75) is 38.6 Å². The lowest BCUT2D eigenvalue weighted by Crippen LogP contribution is -2.49. The molecule has 0 bridgehead atoms. The Bertz CT molecular complexity index is 806. The Morgan fingerprint density at radius 3 is 2.60 bits per heavy atom. The van der Waals surface area contributed by atoms with Crippen LogP contribution in [0, 0.1) is 13.8 Å². The zero-order valence-corrected chi connectivity index (χ0v) is 15.2. The molecule has 2 aromatic rings. The van der Waals surface area contributed by atoms with Gasteiger partial charge in [0.05, 0.1) is 11.3 Å². The van der Waals surface area contributed by atoms with Crippen molar-refractivity contribution in [1.29, 1.82) is 0 Å². The molecule has 3 heterocycles. The lowest BCUT2D eigenvalue weighted by molar-refractivity contribution is 0.0487. The molecule has 1 unspecified atom stereocenters. The first-order valence-corrected chi connectivity index (χ1v) is 8.79. The molecule has 2 aliphatic rings. The van der Waals surface area contributed by atoms with Crippen molar-refractivity contribution >= 4 is 5.91 Å². The molecule has 2 fully saturated rings. The maximum atomic E-state index is 13.0. The van der Waals surface area contributed by atoms with E-state index in [2.05, 4.69) is 20.1 Å². The molecule has 8 heteroatoms. The van der Waals surface area contributed by atoms with Gasteiger partial charge in [0.15, 0.2) is 5.82 Å². The topological polar surface area (TPSA) is 80.3 Å². The quantitative estimate of drug-likeness (QED) is 0.838. The number of aryl methyl sites for hydroxylation is 2. The zero-order valence-electron chi connectivity index (χ0n) is 15.2. The van der Waals surface area contributed by atoms with Crippen LogP contribution in [0.4, 0.5) is 0 Å². The van der Waals surface area contributed by atoms with Crippen LogP contribution < -0.4 is 0 Å². The van der Waals surface area contributed by atoms with Crippen LogP contribution in [-0.4, -0.2) is 62.3 Å². The SMILES string of the molecule is Cc1nn(C)c(C)c1C(=O)N1CCN(C)C(c2nc(C3CC3)no2)C1. The van der Waals surface area contributed by atoms with Gasteiger partial charge in [0, 0.05) is 38.3 Å². The number of aromatic nitrogens is 4. The van der Waals surface area contributed by atoms with Gasteiger partial charge in [0.1, 0.15) is 6.04 Å². The highest BCUT2D eigenvalue weighted by atomic mass is 16.5. The summed E-state index contributed by atoms with van der Waals surface area (Å²) in [7, 11) is 3.90. The van der Waals surface area contributed by atoms with Gasteiger partial charge in [-0.3, -0.25) is 14.4 Å². The van der Waals surface area contributed by atoms with E-state index >= 15 is 0 Å². The van der Waals surface area contributed by atoms with Crippen molar-refractivity contribution in [2.24, 2.45) is 7.05 Å². The summed E-state index contributed by atoms with van der Waals surface area (Å²) < 4.78 is 7.26. The second-order valence-corrected chi connectivity index (χ2v) is 7.18. The van der Waals surface area contributed by atoms with E-state index in [0.29, 0.717) is 30.5 Å². The third-order valence-electron chi connectivity index (χ3n) is 5.34. The summed E-state index contributed by atoms with van der Waals surface area (Å²) in [6, 6.07) is -0.0602. The summed E-state index contributed by atoms with van der Waals surface area (Å²) in [5.74, 6) is 1.92. The second-order valence-electron chi connectivity index (χ2n) is 7.18. The molecule has 1 atom stereocenters. The first-order valence-electron chi connectivity index (χ1n) is 8.79. The summed E-state index contributed by atoms with van der Waals surface area (Å²) in [5.41, 5.74) is 2.37. The number of piperazine rings is 1. The van der Waals surface area contributed by atoms with Gasteiger partial charge in [-0.1, -0.05) is 5.16 Å². The predicted molar refractivity (Wildman–Crippen MR) is 90.2 cm³/mol. The highest BCUT2D eigenvalue weighted by Gasteiger charge is 2.36.